The molecule has 2 aliphatic heterocycles. The summed E-state index contributed by atoms with van der Waals surface area (Å²) in [4.78, 5) is 82.9. The third kappa shape index (κ3) is 10.7. The van der Waals surface area contributed by atoms with Gasteiger partial charge in [0, 0.05) is 93.5 Å². The quantitative estimate of drug-likeness (QED) is 0.0983. The Morgan fingerprint density at radius 2 is 1.71 bits per heavy atom. The van der Waals surface area contributed by atoms with Gasteiger partial charge in [-0.1, -0.05) is 48.2 Å². The van der Waals surface area contributed by atoms with Crippen LogP contribution in [0.5, 0.6) is 5.75 Å². The highest BCUT2D eigenvalue weighted by atomic mass is 16.6. The van der Waals surface area contributed by atoms with Crippen LogP contribution in [0, 0.1) is 17.8 Å². The van der Waals surface area contributed by atoms with Gasteiger partial charge in [0.15, 0.2) is 5.60 Å². The smallest absolute Gasteiger partial charge is 0.409 e. The summed E-state index contributed by atoms with van der Waals surface area (Å²) in [6, 6.07) is 22.5. The number of nitrogens with zero attached hydrogens (tertiary/aromatic N) is 6. The first-order chi connectivity index (χ1) is 34.6. The van der Waals surface area contributed by atoms with E-state index in [4.69, 9.17) is 28.9 Å². The Kier molecular flexibility index (Phi) is 13.9. The van der Waals surface area contributed by atoms with E-state index in [1.54, 1.807) is 51.7 Å². The lowest BCUT2D eigenvalue weighted by Gasteiger charge is -2.36. The van der Waals surface area contributed by atoms with Crippen molar-refractivity contribution in [3.63, 3.8) is 0 Å². The van der Waals surface area contributed by atoms with Crippen LogP contribution in [-0.4, -0.2) is 114 Å². The number of benzene rings is 3. The maximum Gasteiger partial charge on any atom is 0.409 e. The minimum atomic E-state index is -1.42. The van der Waals surface area contributed by atoms with Gasteiger partial charge in [-0.3, -0.25) is 19.8 Å². The van der Waals surface area contributed by atoms with Crippen LogP contribution in [0.2, 0.25) is 0 Å². The average Bonchev–Trinajstić information content (AvgIpc) is 4.05. The van der Waals surface area contributed by atoms with Gasteiger partial charge in [0.1, 0.15) is 23.5 Å². The van der Waals surface area contributed by atoms with E-state index in [-0.39, 0.29) is 56.2 Å². The summed E-state index contributed by atoms with van der Waals surface area (Å²) in [5, 5.41) is 6.52. The fourth-order valence-electron chi connectivity index (χ4n) is 9.04. The number of nitrogens with one attached hydrogen (secondary N) is 3. The van der Waals surface area contributed by atoms with Gasteiger partial charge in [-0.15, -0.1) is 0 Å². The molecule has 18 heteroatoms. The molecule has 3 aliphatic rings. The molecule has 2 saturated heterocycles. The number of carbonyl (C=O) groups excluding carboxylic acids is 4. The monoisotopic (exact) mass is 977 g/mol. The second-order valence-electron chi connectivity index (χ2n) is 19.4. The minimum absolute atomic E-state index is 0.0506. The van der Waals surface area contributed by atoms with Crippen LogP contribution in [0.25, 0.3) is 32.9 Å². The summed E-state index contributed by atoms with van der Waals surface area (Å²) in [6.45, 7) is 6.82. The maximum atomic E-state index is 13.9. The highest BCUT2D eigenvalue weighted by Gasteiger charge is 2.46. The highest BCUT2D eigenvalue weighted by molar-refractivity contribution is 6.06. The number of imide groups is 1. The molecule has 0 bridgehead atoms. The Hall–Kier alpha value is -7.91. The molecule has 9 rings (SSSR count). The number of methoxy groups -OCH3 is 1. The molecule has 3 aromatic heterocycles. The van der Waals surface area contributed by atoms with E-state index in [1.807, 2.05) is 72.9 Å². The van der Waals surface area contributed by atoms with Gasteiger partial charge in [0.05, 0.1) is 30.1 Å². The number of piperidine rings is 1. The number of pyridine rings is 1. The number of amides is 5. The zero-order valence-corrected chi connectivity index (χ0v) is 41.4. The second kappa shape index (κ2) is 20.4. The standard InChI is InChI=1S/C54H59N9O9/c1-53(2,3)72-51(67)56-25-29-60(4)52(68)70-33-54(71-38-16-17-38,37-10-8-7-9-11-37)47-40-31-36(41-32-61(5)48(65)46-39(41)20-24-55-46)15-18-42(40)57-49(59-47)62-26-21-34(22-27-62)12-13-35-14-19-44(69-6)43(30-35)63-28-23-45(64)58-50(63)66/h7-11,14-15,18-20,24,30-32,34,38,55H,16-17,21-23,25-29,33H2,1-6H3,(H,56,67)(H,58,64,66). The summed E-state index contributed by atoms with van der Waals surface area (Å²) in [5.74, 6) is 7.51. The molecule has 1 aliphatic carbocycles. The Morgan fingerprint density at radius 1 is 0.931 bits per heavy atom. The third-order valence-corrected chi connectivity index (χ3v) is 13.0. The molecule has 5 amide bonds. The van der Waals surface area contributed by atoms with Crippen molar-refractivity contribution in [3.05, 3.63) is 112 Å². The van der Waals surface area contributed by atoms with E-state index < -0.39 is 29.4 Å². The van der Waals surface area contributed by atoms with Gasteiger partial charge in [-0.25, -0.2) is 24.4 Å². The fourth-order valence-corrected chi connectivity index (χ4v) is 9.04. The van der Waals surface area contributed by atoms with Crippen molar-refractivity contribution in [2.24, 2.45) is 13.0 Å². The van der Waals surface area contributed by atoms with E-state index in [0.29, 0.717) is 58.2 Å². The predicted molar refractivity (Wildman–Crippen MR) is 272 cm³/mol. The molecular formula is C54H59N9O9. The first kappa shape index (κ1) is 49.1. The molecule has 0 radical (unpaired) electrons. The molecule has 1 unspecified atom stereocenters. The number of alkyl carbamates (subject to hydrolysis) is 1. The summed E-state index contributed by atoms with van der Waals surface area (Å²) >= 11 is 0. The number of urea groups is 1. The average molecular weight is 978 g/mol. The van der Waals surface area contributed by atoms with E-state index in [0.717, 1.165) is 47.8 Å². The zero-order valence-electron chi connectivity index (χ0n) is 41.4. The van der Waals surface area contributed by atoms with Gasteiger partial charge in [0.2, 0.25) is 11.9 Å². The van der Waals surface area contributed by atoms with E-state index in [2.05, 4.69) is 32.4 Å². The van der Waals surface area contributed by atoms with Crippen LogP contribution in [-0.2, 0) is 31.7 Å². The largest absolute Gasteiger partial charge is 0.495 e. The van der Waals surface area contributed by atoms with Gasteiger partial charge < -0.3 is 43.6 Å². The number of ether oxygens (including phenoxy) is 4. The lowest BCUT2D eigenvalue weighted by Crippen LogP contribution is -2.49. The minimum Gasteiger partial charge on any atom is -0.495 e. The maximum absolute atomic E-state index is 13.9. The molecule has 3 fully saturated rings. The lowest BCUT2D eigenvalue weighted by atomic mass is 9.87. The van der Waals surface area contributed by atoms with Gasteiger partial charge in [0.25, 0.3) is 5.56 Å². The summed E-state index contributed by atoms with van der Waals surface area (Å²) in [5.41, 5.74) is 3.06. The van der Waals surface area contributed by atoms with Crippen molar-refractivity contribution >= 4 is 57.6 Å². The first-order valence-corrected chi connectivity index (χ1v) is 24.2. The first-order valence-electron chi connectivity index (χ1n) is 24.2. The molecule has 1 atom stereocenters. The molecule has 3 N–H and O–H groups in total. The Bertz CT molecular complexity index is 3160. The Morgan fingerprint density at radius 3 is 2.43 bits per heavy atom. The number of fused-ring (bicyclic) bond motifs is 2. The number of likely N-dealkylation sites (N-methyl/N-ethyl adjacent to an activating group) is 1. The molecule has 1 saturated carbocycles. The third-order valence-electron chi connectivity index (χ3n) is 13.0. The van der Waals surface area contributed by atoms with E-state index in [1.165, 1.54) is 16.9 Å². The summed E-state index contributed by atoms with van der Waals surface area (Å²) < 4.78 is 25.9. The van der Waals surface area contributed by atoms with Crippen LogP contribution in [0.4, 0.5) is 26.0 Å². The van der Waals surface area contributed by atoms with Crippen molar-refractivity contribution in [2.75, 3.05) is 63.3 Å². The van der Waals surface area contributed by atoms with Crippen LogP contribution < -0.4 is 30.7 Å². The van der Waals surface area contributed by atoms with Gasteiger partial charge in [-0.2, -0.15) is 0 Å². The van der Waals surface area contributed by atoms with Crippen LogP contribution in [0.3, 0.4) is 0 Å². The number of carbonyl (C=O) groups is 4. The van der Waals surface area contributed by atoms with Crippen LogP contribution >= 0.6 is 0 Å². The Labute approximate surface area is 417 Å². The van der Waals surface area contributed by atoms with Gasteiger partial charge in [-0.05, 0) is 94.0 Å². The van der Waals surface area contributed by atoms with Crippen molar-refractivity contribution in [1.29, 1.82) is 0 Å². The number of H-pyrrole nitrogens is 1. The van der Waals surface area contributed by atoms with Crippen molar-refractivity contribution < 1.29 is 38.1 Å². The molecule has 0 spiro atoms. The highest BCUT2D eigenvalue weighted by Crippen LogP contribution is 2.44. The van der Waals surface area contributed by atoms with Crippen LogP contribution in [0.1, 0.15) is 69.7 Å². The number of hydrogen-bond donors (Lipinski definition) is 3. The topological polar surface area (TPSA) is 203 Å². The zero-order chi connectivity index (χ0) is 50.7. The molecule has 18 nitrogen and oxygen atoms in total. The second-order valence-corrected chi connectivity index (χ2v) is 19.4. The molecule has 72 heavy (non-hydrogen) atoms. The molecule has 374 valence electrons. The van der Waals surface area contributed by atoms with Crippen molar-refractivity contribution in [2.45, 2.75) is 70.2 Å². The molecule has 3 aromatic carbocycles. The molecular weight excluding hydrogens is 919 g/mol. The fraction of sp³-hybridized carbons (Fsp3) is 0.389. The molecule has 6 aromatic rings. The van der Waals surface area contributed by atoms with E-state index in [9.17, 15) is 24.0 Å². The lowest BCUT2D eigenvalue weighted by molar-refractivity contribution is -0.120. The number of hydrogen-bond acceptors (Lipinski definition) is 12. The summed E-state index contributed by atoms with van der Waals surface area (Å²) in [6.07, 6.45) is 5.47. The number of aromatic amines is 1. The number of anilines is 2. The number of rotatable bonds is 13. The Balaban J connectivity index is 1.06. The van der Waals surface area contributed by atoms with Crippen molar-refractivity contribution in [1.82, 2.24) is 35.1 Å². The predicted octanol–water partition coefficient (Wildman–Crippen LogP) is 7.22. The molecule has 5 heterocycles. The normalized spacial score (nSPS) is 16.1. The SMILES string of the molecule is COc1ccc(C#CC2CCN(c3nc(C(COC(=O)N(C)CCNC(=O)OC(C)(C)C)(OC4CC4)c4ccccc4)c4cc(-c5cn(C)c(=O)c6[nH]ccc56)ccc4n3)CC2)cc1N1CCC(=O)NC1=O. The summed E-state index contributed by atoms with van der Waals surface area (Å²) in [7, 11) is 4.87. The van der Waals surface area contributed by atoms with E-state index >= 15 is 0 Å². The number of aromatic nitrogens is 4. The van der Waals surface area contributed by atoms with Crippen LogP contribution in [0.15, 0.2) is 90.0 Å². The van der Waals surface area contributed by atoms with Crippen molar-refractivity contribution in [3.8, 4) is 28.7 Å². The van der Waals surface area contributed by atoms with Gasteiger partial charge >= 0.3 is 18.2 Å². The number of aryl methyl sites for hydroxylation is 1.